The molecule has 2 aromatic rings. The predicted octanol–water partition coefficient (Wildman–Crippen LogP) is 4.01. The Bertz CT molecular complexity index is 840. The maximum absolute atomic E-state index is 14.1. The molecule has 27 heavy (non-hydrogen) atoms. The van der Waals surface area contributed by atoms with Crippen LogP contribution in [0, 0.1) is 5.82 Å². The van der Waals surface area contributed by atoms with Gasteiger partial charge in [-0.1, -0.05) is 30.7 Å². The fourth-order valence-corrected chi connectivity index (χ4v) is 2.98. The molecule has 144 valence electrons. The molecule has 0 aromatic heterocycles. The third-order valence-electron chi connectivity index (χ3n) is 3.58. The van der Waals surface area contributed by atoms with Gasteiger partial charge in [-0.3, -0.25) is 5.41 Å². The molecule has 2 N–H and O–H groups in total. The number of amides is 1. The van der Waals surface area contributed by atoms with E-state index < -0.39 is 29.0 Å². The fraction of sp³-hybridized carbons (Fsp3) is 0.222. The first-order chi connectivity index (χ1) is 12.6. The van der Waals surface area contributed by atoms with E-state index in [9.17, 15) is 22.4 Å². The number of nitrogens with zero attached hydrogens (tertiary/aromatic N) is 1. The molecular formula is C18H16ClF4N2OS+. The number of carbonyl (C=O) groups is 1. The van der Waals surface area contributed by atoms with Gasteiger partial charge in [0.2, 0.25) is 0 Å². The van der Waals surface area contributed by atoms with Gasteiger partial charge in [-0.25, -0.2) is 9.18 Å². The van der Waals surface area contributed by atoms with Gasteiger partial charge in [0.1, 0.15) is 17.9 Å². The van der Waals surface area contributed by atoms with Crippen LogP contribution in [0.3, 0.4) is 0 Å². The van der Waals surface area contributed by atoms with Gasteiger partial charge in [-0.2, -0.15) is 18.1 Å². The second-order valence-corrected chi connectivity index (χ2v) is 7.20. The van der Waals surface area contributed by atoms with E-state index >= 15 is 0 Å². The first-order valence-corrected chi connectivity index (χ1v) is 9.18. The molecule has 0 saturated carbocycles. The van der Waals surface area contributed by atoms with Crippen LogP contribution in [0.1, 0.15) is 28.4 Å². The van der Waals surface area contributed by atoms with Crippen LogP contribution in [0.2, 0.25) is 5.02 Å². The molecule has 0 bridgehead atoms. The van der Waals surface area contributed by atoms with E-state index in [-0.39, 0.29) is 11.7 Å². The third kappa shape index (κ3) is 5.46. The zero-order valence-corrected chi connectivity index (χ0v) is 15.8. The van der Waals surface area contributed by atoms with Crippen molar-refractivity contribution < 1.29 is 27.8 Å². The van der Waals surface area contributed by atoms with E-state index in [4.69, 9.17) is 17.0 Å². The number of rotatable bonds is 4. The summed E-state index contributed by atoms with van der Waals surface area (Å²) in [6.45, 7) is 1.76. The number of hydrogen-bond acceptors (Lipinski definition) is 2. The first-order valence-electron chi connectivity index (χ1n) is 7.81. The molecule has 0 heterocycles. The van der Waals surface area contributed by atoms with E-state index in [2.05, 4.69) is 0 Å². The normalized spacial score (nSPS) is 11.3. The van der Waals surface area contributed by atoms with Gasteiger partial charge in [0.15, 0.2) is 0 Å². The lowest BCUT2D eigenvalue weighted by Crippen LogP contribution is -2.51. The summed E-state index contributed by atoms with van der Waals surface area (Å²) in [6.07, 6.45) is -4.70. The molecule has 1 amide bonds. The van der Waals surface area contributed by atoms with Crippen LogP contribution in [-0.4, -0.2) is 21.7 Å². The smallest absolute Gasteiger partial charge is 0.281 e. The van der Waals surface area contributed by atoms with Crippen molar-refractivity contribution in [2.75, 3.05) is 5.75 Å². The summed E-state index contributed by atoms with van der Waals surface area (Å²) in [5, 5.41) is 6.48. The summed E-state index contributed by atoms with van der Waals surface area (Å²) in [6, 6.07) is 8.21. The Balaban J connectivity index is 2.41. The van der Waals surface area contributed by atoms with Crippen LogP contribution in [-0.2, 0) is 12.7 Å². The van der Waals surface area contributed by atoms with Gasteiger partial charge in [0.25, 0.3) is 0 Å². The summed E-state index contributed by atoms with van der Waals surface area (Å²) < 4.78 is 52.9. The number of alkyl halides is 3. The molecule has 0 saturated heterocycles. The average Bonchev–Trinajstić information content (AvgIpc) is 2.60. The van der Waals surface area contributed by atoms with Gasteiger partial charge in [-0.05, 0) is 47.7 Å². The second kappa shape index (κ2) is 8.75. The highest BCUT2D eigenvalue weighted by molar-refractivity contribution is 8.13. The highest BCUT2D eigenvalue weighted by Gasteiger charge is 2.35. The largest absolute Gasteiger partial charge is 0.416 e. The van der Waals surface area contributed by atoms with Crippen molar-refractivity contribution >= 4 is 34.4 Å². The minimum Gasteiger partial charge on any atom is -0.281 e. The Morgan fingerprint density at radius 1 is 1.19 bits per heavy atom. The van der Waals surface area contributed by atoms with Crippen LogP contribution < -0.4 is 5.41 Å². The van der Waals surface area contributed by atoms with Crippen LogP contribution in [0.5, 0.6) is 0 Å². The summed E-state index contributed by atoms with van der Waals surface area (Å²) in [5.41, 5.74) is -1.17. The molecular weight excluding hydrogens is 404 g/mol. The molecule has 0 fully saturated rings. The molecule has 0 unspecified atom stereocenters. The van der Waals surface area contributed by atoms with E-state index in [0.717, 1.165) is 16.7 Å². The number of thioether (sulfide) groups is 1. The first kappa shape index (κ1) is 21.2. The summed E-state index contributed by atoms with van der Waals surface area (Å²) in [5.74, 6) is -1.48. The van der Waals surface area contributed by atoms with E-state index in [0.29, 0.717) is 34.5 Å². The maximum Gasteiger partial charge on any atom is 0.416 e. The predicted molar refractivity (Wildman–Crippen MR) is 97.8 cm³/mol. The summed E-state index contributed by atoms with van der Waals surface area (Å²) >= 11 is 6.96. The van der Waals surface area contributed by atoms with Crippen molar-refractivity contribution in [1.82, 2.24) is 4.90 Å². The number of amidine groups is 1. The molecule has 0 aliphatic heterocycles. The minimum atomic E-state index is -4.70. The highest BCUT2D eigenvalue weighted by Crippen LogP contribution is 2.31. The van der Waals surface area contributed by atoms with Gasteiger partial charge >= 0.3 is 17.3 Å². The Labute approximate surface area is 162 Å². The molecule has 0 atom stereocenters. The van der Waals surface area contributed by atoms with Crippen molar-refractivity contribution in [2.24, 2.45) is 0 Å². The lowest BCUT2D eigenvalue weighted by atomic mass is 10.1. The third-order valence-corrected chi connectivity index (χ3v) is 4.64. The standard InChI is InChI=1S/C18H15ClF4N2OS/c1-2-27-17(24)25(10-11-3-6-13(19)7-4-11)16(26)14-9-12(18(21,22)23)5-8-15(14)20/h3-9,24H,2,10H2,1H3/p+1. The zero-order chi connectivity index (χ0) is 20.2. The molecule has 0 radical (unpaired) electrons. The Morgan fingerprint density at radius 3 is 2.37 bits per heavy atom. The molecule has 0 aliphatic carbocycles. The lowest BCUT2D eigenvalue weighted by Gasteiger charge is -2.17. The second-order valence-electron chi connectivity index (χ2n) is 5.48. The van der Waals surface area contributed by atoms with Crippen LogP contribution in [0.15, 0.2) is 42.5 Å². The minimum absolute atomic E-state index is 0.0372. The van der Waals surface area contributed by atoms with Gasteiger partial charge in [0, 0.05) is 10.8 Å². The number of nitrogens with two attached hydrogens (primary N) is 1. The SMILES string of the molecule is CCSC(=[NH2+])N(Cc1ccc(Cl)cc1)C(=O)c1cc(C(F)(F)F)ccc1F. The van der Waals surface area contributed by atoms with Crippen LogP contribution >= 0.6 is 23.4 Å². The number of benzene rings is 2. The van der Waals surface area contributed by atoms with Gasteiger partial charge in [-0.15, -0.1) is 0 Å². The van der Waals surface area contributed by atoms with Crippen LogP contribution in [0.25, 0.3) is 0 Å². The molecule has 2 rings (SSSR count). The van der Waals surface area contributed by atoms with E-state index in [1.54, 1.807) is 31.2 Å². The maximum atomic E-state index is 14.1. The molecule has 0 spiro atoms. The van der Waals surface area contributed by atoms with Crippen molar-refractivity contribution in [3.05, 3.63) is 70.0 Å². The van der Waals surface area contributed by atoms with Gasteiger partial charge in [0.05, 0.1) is 5.56 Å². The molecule has 2 aromatic carbocycles. The quantitative estimate of drug-likeness (QED) is 0.462. The lowest BCUT2D eigenvalue weighted by molar-refractivity contribution is -0.137. The monoisotopic (exact) mass is 419 g/mol. The summed E-state index contributed by atoms with van der Waals surface area (Å²) in [4.78, 5) is 13.9. The average molecular weight is 420 g/mol. The van der Waals surface area contributed by atoms with E-state index in [1.807, 2.05) is 0 Å². The highest BCUT2D eigenvalue weighted by atomic mass is 35.5. The number of carbonyl (C=O) groups excluding carboxylic acids is 1. The fourth-order valence-electron chi connectivity index (χ4n) is 2.26. The summed E-state index contributed by atoms with van der Waals surface area (Å²) in [7, 11) is 0. The molecule has 9 heteroatoms. The number of halogens is 5. The number of hydrogen-bond donors (Lipinski definition) is 1. The van der Waals surface area contributed by atoms with Gasteiger partial charge < -0.3 is 0 Å². The van der Waals surface area contributed by atoms with Crippen molar-refractivity contribution in [3.8, 4) is 0 Å². The van der Waals surface area contributed by atoms with E-state index in [1.165, 1.54) is 0 Å². The van der Waals surface area contributed by atoms with Crippen molar-refractivity contribution in [2.45, 2.75) is 19.6 Å². The Morgan fingerprint density at radius 2 is 1.81 bits per heavy atom. The topological polar surface area (TPSA) is 45.9 Å². The zero-order valence-electron chi connectivity index (χ0n) is 14.2. The Kier molecular flexibility index (Phi) is 6.89. The molecule has 0 aliphatic rings. The van der Waals surface area contributed by atoms with Crippen molar-refractivity contribution in [1.29, 1.82) is 0 Å². The van der Waals surface area contributed by atoms with Crippen molar-refractivity contribution in [3.63, 3.8) is 0 Å². The molecule has 3 nitrogen and oxygen atoms in total. The van der Waals surface area contributed by atoms with Crippen LogP contribution in [0.4, 0.5) is 17.6 Å². The Hall–Kier alpha value is -2.06.